The molecule has 0 bridgehead atoms. The summed E-state index contributed by atoms with van der Waals surface area (Å²) < 4.78 is 0. The molecule has 0 unspecified atom stereocenters. The van der Waals surface area contributed by atoms with Crippen LogP contribution >= 0.6 is 0 Å². The standard InChI is InChI=1S/C22H27NO/c24-16-22(13-20-9-1-2-10-21(20)14-22)23-15-19-8-4-7-18(12-19)11-17-5-3-6-17/h1-2,4,7-10,12,17,23-24H,3,5-6,11,13-16H2. The molecule has 24 heavy (non-hydrogen) atoms. The molecule has 0 amide bonds. The third kappa shape index (κ3) is 3.26. The zero-order chi connectivity index (χ0) is 16.4. The van der Waals surface area contributed by atoms with Gasteiger partial charge in [0.2, 0.25) is 0 Å². The summed E-state index contributed by atoms with van der Waals surface area (Å²) in [5.41, 5.74) is 5.34. The van der Waals surface area contributed by atoms with Crippen LogP contribution in [-0.2, 0) is 25.8 Å². The molecule has 2 aliphatic rings. The summed E-state index contributed by atoms with van der Waals surface area (Å²) in [5.74, 6) is 0.904. The van der Waals surface area contributed by atoms with Gasteiger partial charge in [-0.25, -0.2) is 0 Å². The van der Waals surface area contributed by atoms with Crippen molar-refractivity contribution in [1.82, 2.24) is 5.32 Å². The third-order valence-electron chi connectivity index (χ3n) is 5.89. The second-order valence-corrected chi connectivity index (χ2v) is 7.74. The third-order valence-corrected chi connectivity index (χ3v) is 5.89. The quantitative estimate of drug-likeness (QED) is 0.851. The predicted octanol–water partition coefficient (Wildman–Crippen LogP) is 3.65. The smallest absolute Gasteiger partial charge is 0.0619 e. The zero-order valence-electron chi connectivity index (χ0n) is 14.3. The maximum atomic E-state index is 10.0. The van der Waals surface area contributed by atoms with Gasteiger partial charge in [-0.1, -0.05) is 67.8 Å². The molecule has 2 heteroatoms. The molecule has 1 saturated carbocycles. The van der Waals surface area contributed by atoms with Crippen LogP contribution in [-0.4, -0.2) is 17.3 Å². The number of aliphatic hydroxyl groups excluding tert-OH is 1. The van der Waals surface area contributed by atoms with Crippen LogP contribution in [0.3, 0.4) is 0 Å². The van der Waals surface area contributed by atoms with E-state index in [1.807, 2.05) is 0 Å². The number of nitrogens with one attached hydrogen (secondary N) is 1. The lowest BCUT2D eigenvalue weighted by Crippen LogP contribution is -2.49. The highest BCUT2D eigenvalue weighted by atomic mass is 16.3. The molecule has 0 radical (unpaired) electrons. The van der Waals surface area contributed by atoms with Gasteiger partial charge >= 0.3 is 0 Å². The second kappa shape index (κ2) is 6.70. The van der Waals surface area contributed by atoms with Crippen molar-refractivity contribution in [2.75, 3.05) is 6.61 Å². The van der Waals surface area contributed by atoms with E-state index in [2.05, 4.69) is 53.8 Å². The van der Waals surface area contributed by atoms with Crippen LogP contribution in [0.1, 0.15) is 41.5 Å². The SMILES string of the molecule is OCC1(NCc2cccc(CC3CCC3)c2)Cc2ccccc2C1. The van der Waals surface area contributed by atoms with Crippen molar-refractivity contribution in [3.63, 3.8) is 0 Å². The van der Waals surface area contributed by atoms with Gasteiger partial charge in [-0.3, -0.25) is 0 Å². The van der Waals surface area contributed by atoms with Crippen LogP contribution in [0.4, 0.5) is 0 Å². The Morgan fingerprint density at radius 1 is 0.958 bits per heavy atom. The fraction of sp³-hybridized carbons (Fsp3) is 0.455. The fourth-order valence-corrected chi connectivity index (χ4v) is 4.17. The number of hydrogen-bond donors (Lipinski definition) is 2. The topological polar surface area (TPSA) is 32.3 Å². The Bertz CT molecular complexity index is 680. The lowest BCUT2D eigenvalue weighted by atomic mass is 9.81. The van der Waals surface area contributed by atoms with Crippen LogP contribution in [0.25, 0.3) is 0 Å². The van der Waals surface area contributed by atoms with Crippen LogP contribution in [0, 0.1) is 5.92 Å². The summed E-state index contributed by atoms with van der Waals surface area (Å²) in [6.45, 7) is 1.01. The van der Waals surface area contributed by atoms with Crippen molar-refractivity contribution in [2.45, 2.75) is 50.6 Å². The molecule has 0 heterocycles. The molecule has 1 fully saturated rings. The molecular weight excluding hydrogens is 294 g/mol. The molecule has 0 saturated heterocycles. The Morgan fingerprint density at radius 2 is 1.67 bits per heavy atom. The first kappa shape index (κ1) is 15.9. The number of benzene rings is 2. The van der Waals surface area contributed by atoms with Gasteiger partial charge in [0.05, 0.1) is 6.61 Å². The molecule has 2 aliphatic carbocycles. The lowest BCUT2D eigenvalue weighted by Gasteiger charge is -2.29. The van der Waals surface area contributed by atoms with E-state index in [4.69, 9.17) is 0 Å². The average molecular weight is 321 g/mol. The maximum Gasteiger partial charge on any atom is 0.0619 e. The first-order valence-corrected chi connectivity index (χ1v) is 9.27. The van der Waals surface area contributed by atoms with Crippen LogP contribution in [0.5, 0.6) is 0 Å². The number of hydrogen-bond acceptors (Lipinski definition) is 2. The Hall–Kier alpha value is -1.64. The number of rotatable bonds is 6. The Balaban J connectivity index is 1.41. The summed E-state index contributed by atoms with van der Waals surface area (Å²) in [4.78, 5) is 0. The van der Waals surface area contributed by atoms with Gasteiger partial charge in [0.1, 0.15) is 0 Å². The first-order valence-electron chi connectivity index (χ1n) is 9.27. The van der Waals surface area contributed by atoms with Gasteiger partial charge in [0, 0.05) is 12.1 Å². The Morgan fingerprint density at radius 3 is 2.29 bits per heavy atom. The van der Waals surface area contributed by atoms with Crippen molar-refractivity contribution < 1.29 is 5.11 Å². The molecule has 0 aromatic heterocycles. The van der Waals surface area contributed by atoms with Gasteiger partial charge in [-0.15, -0.1) is 0 Å². The predicted molar refractivity (Wildman–Crippen MR) is 98.0 cm³/mol. The summed E-state index contributed by atoms with van der Waals surface area (Å²) >= 11 is 0. The molecule has 2 nitrogen and oxygen atoms in total. The monoisotopic (exact) mass is 321 g/mol. The van der Waals surface area contributed by atoms with E-state index in [1.54, 1.807) is 0 Å². The summed E-state index contributed by atoms with van der Waals surface area (Å²) in [7, 11) is 0. The minimum atomic E-state index is -0.201. The highest BCUT2D eigenvalue weighted by Gasteiger charge is 2.36. The van der Waals surface area contributed by atoms with E-state index >= 15 is 0 Å². The molecule has 2 aromatic rings. The highest BCUT2D eigenvalue weighted by molar-refractivity contribution is 5.36. The van der Waals surface area contributed by atoms with Crippen molar-refractivity contribution in [3.8, 4) is 0 Å². The number of fused-ring (bicyclic) bond motifs is 1. The van der Waals surface area contributed by atoms with Gasteiger partial charge in [-0.05, 0) is 47.4 Å². The van der Waals surface area contributed by atoms with Crippen molar-refractivity contribution in [1.29, 1.82) is 0 Å². The minimum Gasteiger partial charge on any atom is -0.394 e. The fourth-order valence-electron chi connectivity index (χ4n) is 4.17. The van der Waals surface area contributed by atoms with Gasteiger partial charge in [0.25, 0.3) is 0 Å². The summed E-state index contributed by atoms with van der Waals surface area (Å²) in [6.07, 6.45) is 7.27. The van der Waals surface area contributed by atoms with E-state index in [0.29, 0.717) is 0 Å². The Labute approximate surface area is 144 Å². The van der Waals surface area contributed by atoms with Gasteiger partial charge in [-0.2, -0.15) is 0 Å². The molecule has 126 valence electrons. The molecule has 4 rings (SSSR count). The van der Waals surface area contributed by atoms with Gasteiger partial charge in [0.15, 0.2) is 0 Å². The number of aliphatic hydroxyl groups is 1. The van der Waals surface area contributed by atoms with Crippen LogP contribution < -0.4 is 5.32 Å². The normalized spacial score (nSPS) is 19.0. The maximum absolute atomic E-state index is 10.0. The van der Waals surface area contributed by atoms with E-state index in [9.17, 15) is 5.11 Å². The average Bonchev–Trinajstić information content (AvgIpc) is 2.96. The molecule has 2 aromatic carbocycles. The van der Waals surface area contributed by atoms with E-state index in [0.717, 1.165) is 25.3 Å². The second-order valence-electron chi connectivity index (χ2n) is 7.74. The van der Waals surface area contributed by atoms with E-state index in [-0.39, 0.29) is 12.1 Å². The highest BCUT2D eigenvalue weighted by Crippen LogP contribution is 2.31. The van der Waals surface area contributed by atoms with Crippen LogP contribution in [0.2, 0.25) is 0 Å². The summed E-state index contributed by atoms with van der Waals surface area (Å²) in [6, 6.07) is 17.5. The van der Waals surface area contributed by atoms with Crippen LogP contribution in [0.15, 0.2) is 48.5 Å². The zero-order valence-corrected chi connectivity index (χ0v) is 14.3. The molecule has 2 N–H and O–H groups in total. The molecule has 0 spiro atoms. The summed E-state index contributed by atoms with van der Waals surface area (Å²) in [5, 5.41) is 13.7. The Kier molecular flexibility index (Phi) is 4.43. The van der Waals surface area contributed by atoms with Crippen molar-refractivity contribution >= 4 is 0 Å². The van der Waals surface area contributed by atoms with Gasteiger partial charge < -0.3 is 10.4 Å². The minimum absolute atomic E-state index is 0.184. The largest absolute Gasteiger partial charge is 0.394 e. The van der Waals surface area contributed by atoms with E-state index < -0.39 is 0 Å². The van der Waals surface area contributed by atoms with E-state index in [1.165, 1.54) is 47.9 Å². The van der Waals surface area contributed by atoms with Crippen molar-refractivity contribution in [2.24, 2.45) is 5.92 Å². The molecule has 0 atom stereocenters. The molecular formula is C22H27NO. The molecule has 0 aliphatic heterocycles. The lowest BCUT2D eigenvalue weighted by molar-refractivity contribution is 0.166. The van der Waals surface area contributed by atoms with Crippen molar-refractivity contribution in [3.05, 3.63) is 70.8 Å². The first-order chi connectivity index (χ1) is 11.8.